The number of benzene rings is 1. The molecule has 4 nitrogen and oxygen atoms in total. The van der Waals surface area contributed by atoms with Crippen LogP contribution in [-0.4, -0.2) is 21.5 Å². The zero-order valence-corrected chi connectivity index (χ0v) is 11.3. The standard InChI is InChI=1S/C12H14Cl2N4/c13-11-4-1-3-10(12(11)14)9-15-5-2-7-18-8-6-16-17-18/h1,3-4,6,8,15H,2,5,7,9H2. The van der Waals surface area contributed by atoms with Gasteiger partial charge in [0.2, 0.25) is 0 Å². The third-order valence-electron chi connectivity index (χ3n) is 2.56. The lowest BCUT2D eigenvalue weighted by Crippen LogP contribution is -2.17. The summed E-state index contributed by atoms with van der Waals surface area (Å²) in [5, 5.41) is 12.2. The van der Waals surface area contributed by atoms with Crippen molar-refractivity contribution in [2.24, 2.45) is 0 Å². The third-order valence-corrected chi connectivity index (χ3v) is 3.42. The molecular weight excluding hydrogens is 271 g/mol. The Hall–Kier alpha value is -1.10. The van der Waals surface area contributed by atoms with Gasteiger partial charge in [-0.05, 0) is 24.6 Å². The number of nitrogens with one attached hydrogen (secondary N) is 1. The highest BCUT2D eigenvalue weighted by Gasteiger charge is 2.03. The van der Waals surface area contributed by atoms with Gasteiger partial charge in [0.15, 0.2) is 0 Å². The van der Waals surface area contributed by atoms with Crippen molar-refractivity contribution in [3.8, 4) is 0 Å². The van der Waals surface area contributed by atoms with Gasteiger partial charge in [-0.2, -0.15) is 0 Å². The van der Waals surface area contributed by atoms with E-state index in [4.69, 9.17) is 23.2 Å². The van der Waals surface area contributed by atoms with E-state index in [0.717, 1.165) is 31.6 Å². The summed E-state index contributed by atoms with van der Waals surface area (Å²) in [5.74, 6) is 0. The van der Waals surface area contributed by atoms with E-state index in [1.165, 1.54) is 0 Å². The van der Waals surface area contributed by atoms with Gasteiger partial charge in [0, 0.05) is 19.3 Å². The maximum absolute atomic E-state index is 6.09. The molecular formula is C12H14Cl2N4. The molecule has 1 aromatic carbocycles. The molecule has 0 saturated heterocycles. The molecule has 1 heterocycles. The monoisotopic (exact) mass is 284 g/mol. The molecule has 2 rings (SSSR count). The van der Waals surface area contributed by atoms with Crippen molar-refractivity contribution in [3.05, 3.63) is 46.2 Å². The normalized spacial score (nSPS) is 10.8. The molecule has 0 bridgehead atoms. The van der Waals surface area contributed by atoms with E-state index < -0.39 is 0 Å². The summed E-state index contributed by atoms with van der Waals surface area (Å²) < 4.78 is 1.81. The van der Waals surface area contributed by atoms with Crippen LogP contribution in [0, 0.1) is 0 Å². The van der Waals surface area contributed by atoms with Crippen LogP contribution in [0.15, 0.2) is 30.6 Å². The lowest BCUT2D eigenvalue weighted by Gasteiger charge is -2.07. The van der Waals surface area contributed by atoms with Crippen molar-refractivity contribution in [2.75, 3.05) is 6.54 Å². The van der Waals surface area contributed by atoms with Gasteiger partial charge in [-0.15, -0.1) is 5.10 Å². The molecule has 0 unspecified atom stereocenters. The van der Waals surface area contributed by atoms with Crippen LogP contribution in [0.2, 0.25) is 10.0 Å². The molecule has 0 aliphatic heterocycles. The van der Waals surface area contributed by atoms with Gasteiger partial charge < -0.3 is 5.32 Å². The Morgan fingerprint density at radius 2 is 2.17 bits per heavy atom. The minimum atomic E-state index is 0.596. The van der Waals surface area contributed by atoms with E-state index in [-0.39, 0.29) is 0 Å². The topological polar surface area (TPSA) is 42.7 Å². The van der Waals surface area contributed by atoms with Crippen LogP contribution < -0.4 is 5.32 Å². The van der Waals surface area contributed by atoms with Gasteiger partial charge in [-0.25, -0.2) is 0 Å². The minimum Gasteiger partial charge on any atom is -0.313 e. The van der Waals surface area contributed by atoms with Crippen molar-refractivity contribution in [2.45, 2.75) is 19.5 Å². The first-order valence-corrected chi connectivity index (χ1v) is 6.50. The van der Waals surface area contributed by atoms with E-state index in [1.54, 1.807) is 12.3 Å². The van der Waals surface area contributed by atoms with Crippen LogP contribution >= 0.6 is 23.2 Å². The van der Waals surface area contributed by atoms with Gasteiger partial charge in [-0.1, -0.05) is 40.5 Å². The molecule has 0 spiro atoms. The Kier molecular flexibility index (Phi) is 4.99. The summed E-state index contributed by atoms with van der Waals surface area (Å²) >= 11 is 12.0. The smallest absolute Gasteiger partial charge is 0.0692 e. The first-order valence-electron chi connectivity index (χ1n) is 5.75. The number of aryl methyl sites for hydroxylation is 1. The lowest BCUT2D eigenvalue weighted by molar-refractivity contribution is 0.530. The highest BCUT2D eigenvalue weighted by molar-refractivity contribution is 6.42. The van der Waals surface area contributed by atoms with Crippen LogP contribution in [0.4, 0.5) is 0 Å². The quantitative estimate of drug-likeness (QED) is 0.830. The van der Waals surface area contributed by atoms with Crippen LogP contribution in [0.25, 0.3) is 0 Å². The van der Waals surface area contributed by atoms with Gasteiger partial charge in [-0.3, -0.25) is 4.68 Å². The summed E-state index contributed by atoms with van der Waals surface area (Å²) in [7, 11) is 0. The van der Waals surface area contributed by atoms with Crippen LogP contribution in [0.1, 0.15) is 12.0 Å². The molecule has 18 heavy (non-hydrogen) atoms. The Morgan fingerprint density at radius 3 is 2.94 bits per heavy atom. The Labute approximate surface area is 116 Å². The predicted molar refractivity (Wildman–Crippen MR) is 72.8 cm³/mol. The summed E-state index contributed by atoms with van der Waals surface area (Å²) in [4.78, 5) is 0. The zero-order valence-electron chi connectivity index (χ0n) is 9.81. The zero-order chi connectivity index (χ0) is 12.8. The average Bonchev–Trinajstić information content (AvgIpc) is 2.87. The molecule has 6 heteroatoms. The molecule has 0 atom stereocenters. The summed E-state index contributed by atoms with van der Waals surface area (Å²) in [6, 6.07) is 5.66. The Bertz CT molecular complexity index is 485. The molecule has 0 radical (unpaired) electrons. The highest BCUT2D eigenvalue weighted by Crippen LogP contribution is 2.25. The molecule has 0 amide bonds. The Balaban J connectivity index is 1.70. The fourth-order valence-corrected chi connectivity index (χ4v) is 2.01. The molecule has 96 valence electrons. The average molecular weight is 285 g/mol. The van der Waals surface area contributed by atoms with E-state index in [9.17, 15) is 0 Å². The largest absolute Gasteiger partial charge is 0.313 e. The van der Waals surface area contributed by atoms with Crippen molar-refractivity contribution < 1.29 is 0 Å². The van der Waals surface area contributed by atoms with Crippen LogP contribution in [-0.2, 0) is 13.1 Å². The lowest BCUT2D eigenvalue weighted by atomic mass is 10.2. The maximum atomic E-state index is 6.09. The molecule has 1 aromatic heterocycles. The number of nitrogens with zero attached hydrogens (tertiary/aromatic N) is 3. The van der Waals surface area contributed by atoms with Crippen molar-refractivity contribution in [1.29, 1.82) is 0 Å². The van der Waals surface area contributed by atoms with Crippen molar-refractivity contribution >= 4 is 23.2 Å². The summed E-state index contributed by atoms with van der Waals surface area (Å²) in [5.41, 5.74) is 1.02. The number of hydrogen-bond acceptors (Lipinski definition) is 3. The Morgan fingerprint density at radius 1 is 1.28 bits per heavy atom. The van der Waals surface area contributed by atoms with Gasteiger partial charge >= 0.3 is 0 Å². The summed E-state index contributed by atoms with van der Waals surface area (Å²) in [6.45, 7) is 2.47. The van der Waals surface area contributed by atoms with Gasteiger partial charge in [0.05, 0.1) is 16.2 Å². The molecule has 2 aromatic rings. The number of halogens is 2. The van der Waals surface area contributed by atoms with E-state index in [2.05, 4.69) is 15.6 Å². The van der Waals surface area contributed by atoms with E-state index >= 15 is 0 Å². The molecule has 0 aliphatic carbocycles. The maximum Gasteiger partial charge on any atom is 0.0692 e. The first kappa shape index (κ1) is 13.3. The minimum absolute atomic E-state index is 0.596. The fourth-order valence-electron chi connectivity index (χ4n) is 1.63. The molecule has 1 N–H and O–H groups in total. The van der Waals surface area contributed by atoms with Crippen LogP contribution in [0.3, 0.4) is 0 Å². The third kappa shape index (κ3) is 3.70. The van der Waals surface area contributed by atoms with Crippen LogP contribution in [0.5, 0.6) is 0 Å². The fraction of sp³-hybridized carbons (Fsp3) is 0.333. The number of rotatable bonds is 6. The number of aromatic nitrogens is 3. The predicted octanol–water partition coefficient (Wildman–Crippen LogP) is 2.76. The second-order valence-corrected chi connectivity index (χ2v) is 4.69. The molecule has 0 aliphatic rings. The van der Waals surface area contributed by atoms with Gasteiger partial charge in [0.1, 0.15) is 0 Å². The van der Waals surface area contributed by atoms with Crippen molar-refractivity contribution in [1.82, 2.24) is 20.3 Å². The summed E-state index contributed by atoms with van der Waals surface area (Å²) in [6.07, 6.45) is 4.52. The van der Waals surface area contributed by atoms with E-state index in [1.807, 2.05) is 23.0 Å². The number of hydrogen-bond donors (Lipinski definition) is 1. The first-order chi connectivity index (χ1) is 8.77. The molecule has 0 fully saturated rings. The highest BCUT2D eigenvalue weighted by atomic mass is 35.5. The molecule has 0 saturated carbocycles. The van der Waals surface area contributed by atoms with E-state index in [0.29, 0.717) is 10.0 Å². The second-order valence-electron chi connectivity index (χ2n) is 3.91. The van der Waals surface area contributed by atoms with Crippen molar-refractivity contribution in [3.63, 3.8) is 0 Å². The second kappa shape index (κ2) is 6.73. The van der Waals surface area contributed by atoms with Gasteiger partial charge in [0.25, 0.3) is 0 Å². The SMILES string of the molecule is Clc1cccc(CNCCCn2ccnn2)c1Cl.